The Balaban J connectivity index is 2.08. The van der Waals surface area contributed by atoms with E-state index in [1.54, 1.807) is 0 Å². The molecule has 0 bridgehead atoms. The zero-order valence-corrected chi connectivity index (χ0v) is 3.02. The fourth-order valence-corrected chi connectivity index (χ4v) is 0.177. The molecule has 1 rings (SSSR count). The van der Waals surface area contributed by atoms with Crippen molar-refractivity contribution in [2.45, 2.75) is 6.92 Å². The first-order chi connectivity index (χ1) is 2.39. The van der Waals surface area contributed by atoms with E-state index in [1.807, 2.05) is 6.92 Å². The van der Waals surface area contributed by atoms with Gasteiger partial charge in [0, 0.05) is 0 Å². The summed E-state index contributed by atoms with van der Waals surface area (Å²) in [6, 6.07) is 0. The van der Waals surface area contributed by atoms with E-state index in [1.165, 1.54) is 0 Å². The molecule has 1 heterocycles. The van der Waals surface area contributed by atoms with Crippen LogP contribution in [-0.2, 0) is 9.78 Å². The summed E-state index contributed by atoms with van der Waals surface area (Å²) >= 11 is 0. The summed E-state index contributed by atoms with van der Waals surface area (Å²) in [4.78, 5) is 8.64. The number of hydrogen-bond donors (Lipinski definition) is 0. The molecule has 2 nitrogen and oxygen atoms in total. The molecule has 0 aromatic rings. The Labute approximate surface area is 30.6 Å². The molecule has 0 atom stereocenters. The van der Waals surface area contributed by atoms with Gasteiger partial charge in [0.25, 0.3) is 0 Å². The van der Waals surface area contributed by atoms with Crippen molar-refractivity contribution in [2.75, 3.05) is 6.61 Å². The molecule has 1 fully saturated rings. The lowest BCUT2D eigenvalue weighted by Crippen LogP contribution is -2.18. The first kappa shape index (κ1) is 3.12. The van der Waals surface area contributed by atoms with Crippen molar-refractivity contribution in [1.82, 2.24) is 0 Å². The maximum Gasteiger partial charge on any atom is 0.161 e. The molecule has 0 aromatic carbocycles. The number of hydrogen-bond acceptors (Lipinski definition) is 2. The van der Waals surface area contributed by atoms with Gasteiger partial charge in [0.15, 0.2) is 6.10 Å². The molecule has 0 aromatic heterocycles. The summed E-state index contributed by atoms with van der Waals surface area (Å²) in [7, 11) is 0. The van der Waals surface area contributed by atoms with Crippen molar-refractivity contribution in [3.05, 3.63) is 6.10 Å². The van der Waals surface area contributed by atoms with Gasteiger partial charge in [-0.2, -0.15) is 0 Å². The smallest absolute Gasteiger partial charge is 0.161 e. The molecule has 0 unspecified atom stereocenters. The van der Waals surface area contributed by atoms with E-state index in [0.717, 1.165) is 6.10 Å². The van der Waals surface area contributed by atoms with Crippen molar-refractivity contribution in [3.8, 4) is 0 Å². The molecule has 1 aliphatic rings. The van der Waals surface area contributed by atoms with Crippen LogP contribution in [0.25, 0.3) is 0 Å². The summed E-state index contributed by atoms with van der Waals surface area (Å²) in [6.45, 7) is 2.56. The molecule has 5 heavy (non-hydrogen) atoms. The minimum Gasteiger partial charge on any atom is -0.233 e. The maximum absolute atomic E-state index is 4.35. The zero-order chi connectivity index (χ0) is 3.70. The Hall–Kier alpha value is -0.0800. The quantitative estimate of drug-likeness (QED) is 0.389. The van der Waals surface area contributed by atoms with E-state index in [0.29, 0.717) is 6.61 Å². The van der Waals surface area contributed by atoms with Crippen LogP contribution in [0.3, 0.4) is 0 Å². The fourth-order valence-electron chi connectivity index (χ4n) is 0.177. The van der Waals surface area contributed by atoms with Gasteiger partial charge in [0.2, 0.25) is 0 Å². The predicted molar refractivity (Wildman–Crippen MR) is 16.0 cm³/mol. The van der Waals surface area contributed by atoms with Gasteiger partial charge in [-0.15, -0.1) is 0 Å². The third kappa shape index (κ3) is 0.412. The highest BCUT2D eigenvalue weighted by molar-refractivity contribution is 4.71. The van der Waals surface area contributed by atoms with Crippen LogP contribution in [0.2, 0.25) is 0 Å². The van der Waals surface area contributed by atoms with Crippen LogP contribution in [0.1, 0.15) is 6.92 Å². The van der Waals surface area contributed by atoms with Crippen LogP contribution in [0.15, 0.2) is 0 Å². The lowest BCUT2D eigenvalue weighted by molar-refractivity contribution is -0.370. The Kier molecular flexibility index (Phi) is 0.596. The first-order valence-corrected chi connectivity index (χ1v) is 1.51. The molecule has 1 radical (unpaired) electrons. The van der Waals surface area contributed by atoms with Gasteiger partial charge in [-0.1, -0.05) is 0 Å². The maximum atomic E-state index is 4.35. The van der Waals surface area contributed by atoms with E-state index < -0.39 is 0 Å². The molecule has 0 amide bonds. The van der Waals surface area contributed by atoms with E-state index in [9.17, 15) is 0 Å². The summed E-state index contributed by atoms with van der Waals surface area (Å²) in [5, 5.41) is 0. The molecular formula is C3H5O2. The van der Waals surface area contributed by atoms with Gasteiger partial charge < -0.3 is 0 Å². The fraction of sp³-hybridized carbons (Fsp3) is 0.667. The van der Waals surface area contributed by atoms with Crippen LogP contribution < -0.4 is 0 Å². The third-order valence-electron chi connectivity index (χ3n) is 0.463. The highest BCUT2D eigenvalue weighted by Gasteiger charge is 2.13. The lowest BCUT2D eigenvalue weighted by atomic mass is 10.4. The standard InChI is InChI=1S/C3H5O2/c1-3-2-4-5-3/h2H2,1H3. The molecule has 1 saturated heterocycles. The van der Waals surface area contributed by atoms with E-state index in [4.69, 9.17) is 0 Å². The summed E-state index contributed by atoms with van der Waals surface area (Å²) < 4.78 is 0. The van der Waals surface area contributed by atoms with Crippen molar-refractivity contribution >= 4 is 0 Å². The molecule has 0 aliphatic carbocycles. The lowest BCUT2D eigenvalue weighted by Gasteiger charge is -2.17. The van der Waals surface area contributed by atoms with E-state index >= 15 is 0 Å². The average Bonchev–Trinajstić information content (AvgIpc) is 1.30. The summed E-state index contributed by atoms with van der Waals surface area (Å²) in [6.07, 6.45) is 0.963. The Morgan fingerprint density at radius 1 is 1.80 bits per heavy atom. The van der Waals surface area contributed by atoms with E-state index in [-0.39, 0.29) is 0 Å². The second kappa shape index (κ2) is 0.954. The normalized spacial score (nSPS) is 25.8. The monoisotopic (exact) mass is 73.0 g/mol. The van der Waals surface area contributed by atoms with Crippen molar-refractivity contribution in [2.24, 2.45) is 0 Å². The Morgan fingerprint density at radius 3 is 2.20 bits per heavy atom. The average molecular weight is 73.1 g/mol. The number of rotatable bonds is 0. The van der Waals surface area contributed by atoms with Crippen LogP contribution in [0.4, 0.5) is 0 Å². The second-order valence-corrected chi connectivity index (χ2v) is 1.05. The minimum absolute atomic E-state index is 0.681. The van der Waals surface area contributed by atoms with Crippen LogP contribution in [0.5, 0.6) is 0 Å². The molecule has 29 valence electrons. The topological polar surface area (TPSA) is 18.5 Å². The minimum atomic E-state index is 0.681. The second-order valence-electron chi connectivity index (χ2n) is 1.05. The molecule has 2 heteroatoms. The van der Waals surface area contributed by atoms with Crippen LogP contribution >= 0.6 is 0 Å². The third-order valence-corrected chi connectivity index (χ3v) is 0.463. The van der Waals surface area contributed by atoms with Crippen molar-refractivity contribution < 1.29 is 9.78 Å². The van der Waals surface area contributed by atoms with Crippen LogP contribution in [0, 0.1) is 6.10 Å². The molecule has 0 saturated carbocycles. The van der Waals surface area contributed by atoms with Crippen LogP contribution in [-0.4, -0.2) is 6.61 Å². The summed E-state index contributed by atoms with van der Waals surface area (Å²) in [5.74, 6) is 0. The van der Waals surface area contributed by atoms with Crippen molar-refractivity contribution in [3.63, 3.8) is 0 Å². The Morgan fingerprint density at radius 2 is 2.20 bits per heavy atom. The molecular weight excluding hydrogens is 68.0 g/mol. The Bertz CT molecular complexity index is 31.9. The summed E-state index contributed by atoms with van der Waals surface area (Å²) in [5.41, 5.74) is 0. The van der Waals surface area contributed by atoms with Crippen molar-refractivity contribution in [1.29, 1.82) is 0 Å². The largest absolute Gasteiger partial charge is 0.233 e. The highest BCUT2D eigenvalue weighted by Crippen LogP contribution is 2.11. The molecule has 1 aliphatic heterocycles. The molecule has 0 N–H and O–H groups in total. The predicted octanol–water partition coefficient (Wildman–Crippen LogP) is 0.500. The highest BCUT2D eigenvalue weighted by atomic mass is 17.2. The van der Waals surface area contributed by atoms with Gasteiger partial charge in [-0.25, -0.2) is 9.78 Å². The first-order valence-electron chi connectivity index (χ1n) is 1.51. The van der Waals surface area contributed by atoms with E-state index in [2.05, 4.69) is 9.78 Å². The SMILES string of the molecule is C[C]1COO1. The van der Waals surface area contributed by atoms with Gasteiger partial charge in [-0.3, -0.25) is 0 Å². The van der Waals surface area contributed by atoms with Gasteiger partial charge in [0.1, 0.15) is 6.61 Å². The zero-order valence-electron chi connectivity index (χ0n) is 3.02. The van der Waals surface area contributed by atoms with Gasteiger partial charge in [-0.05, 0) is 6.92 Å². The molecule has 0 spiro atoms. The van der Waals surface area contributed by atoms with Gasteiger partial charge >= 0.3 is 0 Å². The van der Waals surface area contributed by atoms with Gasteiger partial charge in [0.05, 0.1) is 0 Å².